The summed E-state index contributed by atoms with van der Waals surface area (Å²) in [4.78, 5) is 0. The van der Waals surface area contributed by atoms with Gasteiger partial charge in [0.25, 0.3) is 0 Å². The van der Waals surface area contributed by atoms with Gasteiger partial charge in [0.2, 0.25) is 0 Å². The van der Waals surface area contributed by atoms with Gasteiger partial charge in [0.05, 0.1) is 12.7 Å². The van der Waals surface area contributed by atoms with Crippen LogP contribution in [0.2, 0.25) is 0 Å². The molecule has 1 aromatic carbocycles. The first-order valence-corrected chi connectivity index (χ1v) is 6.11. The topological polar surface area (TPSA) is 42.6 Å². The molecule has 2 unspecified atom stereocenters. The highest BCUT2D eigenvalue weighted by molar-refractivity contribution is 5.78. The van der Waals surface area contributed by atoms with Crippen LogP contribution < -0.4 is 0 Å². The largest absolute Gasteiger partial charge is 0.455 e. The van der Waals surface area contributed by atoms with Crippen LogP contribution >= 0.6 is 0 Å². The van der Waals surface area contributed by atoms with Gasteiger partial charge in [-0.15, -0.1) is 0 Å². The quantitative estimate of drug-likeness (QED) is 0.846. The molecule has 0 radical (unpaired) electrons. The van der Waals surface area contributed by atoms with Crippen LogP contribution in [0, 0.1) is 5.82 Å². The molecule has 96 valence electrons. The predicted octanol–water partition coefficient (Wildman–Crippen LogP) is 2.96. The molecular weight excluding hydrogens is 235 g/mol. The summed E-state index contributed by atoms with van der Waals surface area (Å²) in [5.41, 5.74) is -0.844. The third-order valence-electron chi connectivity index (χ3n) is 3.50. The van der Waals surface area contributed by atoms with Crippen LogP contribution in [0.5, 0.6) is 0 Å². The lowest BCUT2D eigenvalue weighted by molar-refractivity contribution is -0.110. The summed E-state index contributed by atoms with van der Waals surface area (Å²) in [7, 11) is 0. The van der Waals surface area contributed by atoms with E-state index in [4.69, 9.17) is 9.15 Å². The minimum absolute atomic E-state index is 0.0261. The van der Waals surface area contributed by atoms with Crippen molar-refractivity contribution in [3.8, 4) is 0 Å². The van der Waals surface area contributed by atoms with Crippen LogP contribution in [0.3, 0.4) is 0 Å². The van der Waals surface area contributed by atoms with E-state index >= 15 is 0 Å². The zero-order valence-corrected chi connectivity index (χ0v) is 10.1. The van der Waals surface area contributed by atoms with Crippen molar-refractivity contribution in [2.24, 2.45) is 0 Å². The number of furan rings is 1. The molecule has 1 saturated heterocycles. The zero-order chi connectivity index (χ0) is 12.8. The lowest BCUT2D eigenvalue weighted by Gasteiger charge is -2.33. The Morgan fingerprint density at radius 2 is 2.28 bits per heavy atom. The highest BCUT2D eigenvalue weighted by Gasteiger charge is 2.38. The van der Waals surface area contributed by atoms with Crippen molar-refractivity contribution in [2.75, 3.05) is 6.61 Å². The SMILES string of the molecule is CC1CC(O)(c2cc3cccc(F)c3o2)CCO1. The Hall–Kier alpha value is -1.39. The number of ether oxygens (including phenoxy) is 1. The summed E-state index contributed by atoms with van der Waals surface area (Å²) < 4.78 is 24.5. The van der Waals surface area contributed by atoms with E-state index in [0.29, 0.717) is 30.6 Å². The van der Waals surface area contributed by atoms with Crippen molar-refractivity contribution in [1.29, 1.82) is 0 Å². The molecule has 2 atom stereocenters. The van der Waals surface area contributed by atoms with E-state index in [1.54, 1.807) is 18.2 Å². The van der Waals surface area contributed by atoms with E-state index in [2.05, 4.69) is 0 Å². The molecule has 0 saturated carbocycles. The van der Waals surface area contributed by atoms with Gasteiger partial charge < -0.3 is 14.3 Å². The molecule has 0 amide bonds. The van der Waals surface area contributed by atoms with E-state index in [0.717, 1.165) is 0 Å². The fourth-order valence-electron chi connectivity index (χ4n) is 2.55. The molecule has 3 rings (SSSR count). The van der Waals surface area contributed by atoms with Gasteiger partial charge in [-0.3, -0.25) is 0 Å². The van der Waals surface area contributed by atoms with Crippen molar-refractivity contribution < 1.29 is 18.7 Å². The van der Waals surface area contributed by atoms with Gasteiger partial charge in [0, 0.05) is 18.2 Å². The van der Waals surface area contributed by atoms with Crippen molar-refractivity contribution >= 4 is 11.0 Å². The fourth-order valence-corrected chi connectivity index (χ4v) is 2.55. The molecule has 1 aliphatic rings. The molecule has 3 nitrogen and oxygen atoms in total. The Balaban J connectivity index is 2.06. The molecular formula is C14H15FO3. The monoisotopic (exact) mass is 250 g/mol. The second-order valence-electron chi connectivity index (χ2n) is 4.94. The number of halogens is 1. The van der Waals surface area contributed by atoms with E-state index in [9.17, 15) is 9.50 Å². The van der Waals surface area contributed by atoms with E-state index in [1.165, 1.54) is 6.07 Å². The summed E-state index contributed by atoms with van der Waals surface area (Å²) >= 11 is 0. The van der Waals surface area contributed by atoms with Crippen LogP contribution in [-0.4, -0.2) is 17.8 Å². The highest BCUT2D eigenvalue weighted by atomic mass is 19.1. The summed E-state index contributed by atoms with van der Waals surface area (Å²) in [5, 5.41) is 11.3. The Kier molecular flexibility index (Phi) is 2.64. The van der Waals surface area contributed by atoms with Crippen LogP contribution in [0.1, 0.15) is 25.5 Å². The lowest BCUT2D eigenvalue weighted by atomic mass is 9.88. The molecule has 4 heteroatoms. The molecule has 0 spiro atoms. The Labute approximate surface area is 104 Å². The van der Waals surface area contributed by atoms with Gasteiger partial charge in [0.15, 0.2) is 11.4 Å². The third-order valence-corrected chi connectivity index (χ3v) is 3.50. The van der Waals surface area contributed by atoms with Crippen molar-refractivity contribution in [3.05, 3.63) is 35.8 Å². The van der Waals surface area contributed by atoms with E-state index in [1.807, 2.05) is 6.92 Å². The standard InChI is InChI=1S/C14H15FO3/c1-9-8-14(16,5-6-17-9)12-7-10-3-2-4-11(15)13(10)18-12/h2-4,7,9,16H,5-6,8H2,1H3. The van der Waals surface area contributed by atoms with Crippen molar-refractivity contribution in [3.63, 3.8) is 0 Å². The zero-order valence-electron chi connectivity index (χ0n) is 10.1. The second kappa shape index (κ2) is 4.07. The summed E-state index contributed by atoms with van der Waals surface area (Å²) in [6, 6.07) is 6.48. The first-order valence-electron chi connectivity index (χ1n) is 6.11. The molecule has 0 aliphatic carbocycles. The number of rotatable bonds is 1. The second-order valence-corrected chi connectivity index (χ2v) is 4.94. The van der Waals surface area contributed by atoms with Gasteiger partial charge in [-0.2, -0.15) is 0 Å². The van der Waals surface area contributed by atoms with Crippen LogP contribution in [0.15, 0.2) is 28.7 Å². The first-order chi connectivity index (χ1) is 8.58. The average Bonchev–Trinajstić information content (AvgIpc) is 2.75. The minimum atomic E-state index is -1.05. The van der Waals surface area contributed by atoms with Gasteiger partial charge in [-0.25, -0.2) is 4.39 Å². The van der Waals surface area contributed by atoms with E-state index in [-0.39, 0.29) is 11.7 Å². The molecule has 1 aliphatic heterocycles. The molecule has 0 bridgehead atoms. The molecule has 1 fully saturated rings. The minimum Gasteiger partial charge on any atom is -0.455 e. The Morgan fingerprint density at radius 1 is 1.44 bits per heavy atom. The first kappa shape index (κ1) is 11.7. The maximum Gasteiger partial charge on any atom is 0.170 e. The van der Waals surface area contributed by atoms with Crippen LogP contribution in [0.4, 0.5) is 4.39 Å². The Bertz CT molecular complexity index is 577. The van der Waals surface area contributed by atoms with Crippen molar-refractivity contribution in [1.82, 2.24) is 0 Å². The number of aliphatic hydroxyl groups is 1. The predicted molar refractivity (Wildman–Crippen MR) is 64.7 cm³/mol. The molecule has 1 N–H and O–H groups in total. The van der Waals surface area contributed by atoms with Crippen LogP contribution in [-0.2, 0) is 10.3 Å². The maximum absolute atomic E-state index is 13.6. The smallest absolute Gasteiger partial charge is 0.170 e. The van der Waals surface area contributed by atoms with Gasteiger partial charge in [-0.1, -0.05) is 12.1 Å². The fraction of sp³-hybridized carbons (Fsp3) is 0.429. The number of benzene rings is 1. The van der Waals surface area contributed by atoms with Gasteiger partial charge in [0.1, 0.15) is 11.4 Å². The molecule has 2 aromatic rings. The maximum atomic E-state index is 13.6. The molecule has 18 heavy (non-hydrogen) atoms. The lowest BCUT2D eigenvalue weighted by Crippen LogP contribution is -2.37. The third kappa shape index (κ3) is 1.82. The summed E-state index contributed by atoms with van der Waals surface area (Å²) in [6.45, 7) is 2.39. The summed E-state index contributed by atoms with van der Waals surface area (Å²) in [5.74, 6) is 0.0280. The van der Waals surface area contributed by atoms with Crippen LogP contribution in [0.25, 0.3) is 11.0 Å². The normalized spacial score (nSPS) is 28.7. The average molecular weight is 250 g/mol. The Morgan fingerprint density at radius 3 is 3.00 bits per heavy atom. The number of hydrogen-bond acceptors (Lipinski definition) is 3. The van der Waals surface area contributed by atoms with Crippen molar-refractivity contribution in [2.45, 2.75) is 31.5 Å². The molecule has 1 aromatic heterocycles. The van der Waals surface area contributed by atoms with E-state index < -0.39 is 11.4 Å². The number of hydrogen-bond donors (Lipinski definition) is 1. The van der Waals surface area contributed by atoms with Gasteiger partial charge >= 0.3 is 0 Å². The number of para-hydroxylation sites is 1. The molecule has 2 heterocycles. The van der Waals surface area contributed by atoms with Gasteiger partial charge in [-0.05, 0) is 19.1 Å². The highest BCUT2D eigenvalue weighted by Crippen LogP contribution is 2.37. The summed E-state index contributed by atoms with van der Waals surface area (Å²) in [6.07, 6.45) is 0.912. The number of fused-ring (bicyclic) bond motifs is 1.